The van der Waals surface area contributed by atoms with Gasteiger partial charge in [0, 0.05) is 0 Å². The molecule has 0 radical (unpaired) electrons. The van der Waals surface area contributed by atoms with Crippen LogP contribution in [0.1, 0.15) is 134 Å². The Balaban J connectivity index is -0.0000000000327. The Labute approximate surface area is 158 Å². The SMILES string of the molecule is C.C.C.C.C.C.C.C.C.C.C.C.C.C.C.C.C.C.[2H]I. The van der Waals surface area contributed by atoms with Crippen LogP contribution in [-0.2, 0) is 0 Å². The molecule has 0 amide bonds. The summed E-state index contributed by atoms with van der Waals surface area (Å²) in [6.45, 7) is 0. The fourth-order valence-corrected chi connectivity index (χ4v) is 0. The normalized spacial score (nSPS) is 0.368. The van der Waals surface area contributed by atoms with Gasteiger partial charge in [0.25, 0.3) is 0 Å². The molecule has 0 aliphatic carbocycles. The Morgan fingerprint density at radius 2 is 0.211 bits per heavy atom. The zero-order valence-corrected chi connectivity index (χ0v) is 2.54. The van der Waals surface area contributed by atoms with Crippen molar-refractivity contribution in [2.45, 2.75) is 134 Å². The van der Waals surface area contributed by atoms with Gasteiger partial charge in [-0.2, -0.15) is 0 Å². The minimum Gasteiger partial charge on any atom is -0.107 e. The van der Waals surface area contributed by atoms with Crippen LogP contribution >= 0.6 is 23.8 Å². The molecule has 0 aliphatic heterocycles. The van der Waals surface area contributed by atoms with E-state index in [1.54, 1.807) is 0 Å². The van der Waals surface area contributed by atoms with Crippen molar-refractivity contribution in [1.82, 2.24) is 0 Å². The second kappa shape index (κ2) is 11000. The second-order valence-corrected chi connectivity index (χ2v) is 0. The Kier molecular flexibility index (Phi) is 1340000. The molecule has 0 atom stereocenters. The molecule has 152 valence electrons. The van der Waals surface area contributed by atoms with Gasteiger partial charge in [0.05, 0.1) is 0 Å². The molecule has 0 unspecified atom stereocenters. The van der Waals surface area contributed by atoms with E-state index in [9.17, 15) is 0 Å². The lowest BCUT2D eigenvalue weighted by atomic mass is 12.0. The quantitative estimate of drug-likeness (QED) is 0.344. The van der Waals surface area contributed by atoms with Gasteiger partial charge in [0.1, 0.15) is 0.594 Å². The Hall–Kier alpha value is 0.730. The van der Waals surface area contributed by atoms with Crippen molar-refractivity contribution in [3.63, 3.8) is 0 Å². The Morgan fingerprint density at radius 3 is 0.211 bits per heavy atom. The molecule has 0 saturated carbocycles. The highest BCUT2D eigenvalue weighted by molar-refractivity contribution is 14.0. The van der Waals surface area contributed by atoms with Crippen LogP contribution in [0.3, 0.4) is 0 Å². The highest BCUT2D eigenvalue weighted by Crippen LogP contribution is 0.886. The van der Waals surface area contributed by atoms with Gasteiger partial charge in [0.2, 0.25) is 0 Å². The predicted molar refractivity (Wildman–Crippen MR) is 137 cm³/mol. The van der Waals surface area contributed by atoms with Crippen LogP contribution in [0.5, 0.6) is 0 Å². The monoisotopic (exact) mass is 417 g/mol. The molecule has 0 aromatic carbocycles. The molecule has 0 spiro atoms. The highest BCUT2D eigenvalue weighted by atomic mass is 127. The van der Waals surface area contributed by atoms with Gasteiger partial charge in [-0.15, -0.1) is 23.8 Å². The maximum Gasteiger partial charge on any atom is 0.107 e. The van der Waals surface area contributed by atoms with Crippen molar-refractivity contribution in [1.29, 1.82) is 0.594 Å². The summed E-state index contributed by atoms with van der Waals surface area (Å²) in [6, 6.07) is 0. The highest BCUT2D eigenvalue weighted by Gasteiger charge is -0.0602. The van der Waals surface area contributed by atoms with Gasteiger partial charge in [-0.1, -0.05) is 134 Å². The molecule has 0 fully saturated rings. The van der Waals surface area contributed by atoms with E-state index in [1.807, 2.05) is 0 Å². The largest absolute Gasteiger partial charge is 0.107 e. The summed E-state index contributed by atoms with van der Waals surface area (Å²) in [6.07, 6.45) is 0. The third kappa shape index (κ3) is 9840. The van der Waals surface area contributed by atoms with Crippen molar-refractivity contribution >= 4 is 23.8 Å². The van der Waals surface area contributed by atoms with Crippen LogP contribution in [0.2, 0.25) is 0 Å². The van der Waals surface area contributed by atoms with Gasteiger partial charge in [-0.25, -0.2) is 0 Å². The molecule has 0 bridgehead atoms. The van der Waals surface area contributed by atoms with Crippen LogP contribution in [-0.4, -0.2) is 0.594 Å². The predicted octanol–water partition coefficient (Wildman–Crippen LogP) is 12.1. The van der Waals surface area contributed by atoms with Gasteiger partial charge >= 0.3 is 0 Å². The van der Waals surface area contributed by atoms with E-state index in [0.717, 1.165) is 0 Å². The minimum absolute atomic E-state index is 0. The van der Waals surface area contributed by atoms with E-state index >= 15 is 0 Å². The summed E-state index contributed by atoms with van der Waals surface area (Å²) in [7, 11) is 0. The molecule has 0 rings (SSSR count). The summed E-state index contributed by atoms with van der Waals surface area (Å²) in [5.74, 6) is 0. The van der Waals surface area contributed by atoms with Gasteiger partial charge in [-0.3, -0.25) is 0 Å². The minimum atomic E-state index is 0. The topological polar surface area (TPSA) is 0 Å². The lowest BCUT2D eigenvalue weighted by Crippen LogP contribution is 0.143. The van der Waals surface area contributed by atoms with Crippen LogP contribution in [0, 0.1) is 0 Å². The molecule has 19 heavy (non-hydrogen) atoms. The molecule has 1 heteroatoms. The standard InChI is InChI=1S/18CH4.HI/h18*1H4;1H/i/hD. The molecule has 0 nitrogen and oxygen atoms in total. The fraction of sp³-hybridized carbons (Fsp3) is 1.00. The Morgan fingerprint density at radius 1 is 0.211 bits per heavy atom. The van der Waals surface area contributed by atoms with Crippen LogP contribution in [0.15, 0.2) is 0 Å². The number of hydrogen-bond acceptors (Lipinski definition) is 0. The smallest absolute Gasteiger partial charge is 0.107 e. The maximum atomic E-state index is 5.72. The van der Waals surface area contributed by atoms with E-state index in [4.69, 9.17) is 0.594 Å². The summed E-state index contributed by atoms with van der Waals surface area (Å²) in [5, 5.41) is 0. The van der Waals surface area contributed by atoms with E-state index in [1.165, 1.54) is 23.8 Å². The van der Waals surface area contributed by atoms with Gasteiger partial charge in [-0.05, 0) is 0 Å². The first-order chi connectivity index (χ1) is 1.00. The first-order valence-corrected chi connectivity index (χ1v) is 0. The summed E-state index contributed by atoms with van der Waals surface area (Å²) >= 11 is 1.40. The van der Waals surface area contributed by atoms with Crippen molar-refractivity contribution < 1.29 is 0 Å². The second-order valence-electron chi connectivity index (χ2n) is 0. The fourth-order valence-electron chi connectivity index (χ4n) is 0. The van der Waals surface area contributed by atoms with Crippen molar-refractivity contribution in [2.24, 2.45) is 0 Å². The Bertz CT molecular complexity index is 11.4. The molecular formula is C18H73I. The number of halogens is 1. The third-order valence-corrected chi connectivity index (χ3v) is 0. The molecule has 0 aliphatic rings. The summed E-state index contributed by atoms with van der Waals surface area (Å²) < 4.78 is 5.72. The average molecular weight is 418 g/mol. The lowest BCUT2D eigenvalue weighted by Gasteiger charge is -0.108. The zero-order chi connectivity index (χ0) is 2.00. The van der Waals surface area contributed by atoms with Crippen LogP contribution in [0.4, 0.5) is 0 Å². The molecule has 0 aromatic rings. The maximum absolute atomic E-state index is 5.72. The van der Waals surface area contributed by atoms with Crippen LogP contribution < -0.4 is 0 Å². The first-order valence-electron chi connectivity index (χ1n) is 0.378. The van der Waals surface area contributed by atoms with Crippen molar-refractivity contribution in [3.05, 3.63) is 0 Å². The first kappa shape index (κ1) is 2310. The number of rotatable bonds is 0. The molecule has 0 saturated heterocycles. The molecule has 0 aromatic heterocycles. The number of hydrogen-bond donors (Lipinski definition) is 0. The van der Waals surface area contributed by atoms with Crippen molar-refractivity contribution in [2.75, 3.05) is 0 Å². The van der Waals surface area contributed by atoms with Gasteiger partial charge < -0.3 is 0 Å². The third-order valence-electron chi connectivity index (χ3n) is 0. The van der Waals surface area contributed by atoms with E-state index in [2.05, 4.69) is 0 Å². The van der Waals surface area contributed by atoms with E-state index in [0.29, 0.717) is 0 Å². The van der Waals surface area contributed by atoms with E-state index < -0.39 is 0 Å². The van der Waals surface area contributed by atoms with Crippen LogP contribution in [0.25, 0.3) is 0 Å². The van der Waals surface area contributed by atoms with Gasteiger partial charge in [0.15, 0.2) is 0 Å². The molecule has 0 heterocycles. The lowest BCUT2D eigenvalue weighted by molar-refractivity contribution is 2.50. The average Bonchev–Trinajstić information content (AvgIpc) is 1.00. The van der Waals surface area contributed by atoms with Crippen molar-refractivity contribution in [3.8, 4) is 0 Å². The molecular weight excluding hydrogens is 343 g/mol. The summed E-state index contributed by atoms with van der Waals surface area (Å²) in [4.78, 5) is 0. The summed E-state index contributed by atoms with van der Waals surface area (Å²) in [5.41, 5.74) is 0. The molecule has 0 N–H and O–H groups in total. The van der Waals surface area contributed by atoms with E-state index in [-0.39, 0.29) is 134 Å². The zero-order valence-electron chi connectivity index (χ0n) is 1.38.